The Hall–Kier alpha value is -3.49. The minimum absolute atomic E-state index is 0.134. The number of hydrogen-bond donors (Lipinski definition) is 1. The SMILES string of the molecule is CN(C)c1ccc(CNC(=O)c2cc([N+](=O)[O-])cc([N+](=O)[O-])c2)cc1. The van der Waals surface area contributed by atoms with E-state index in [1.54, 1.807) is 0 Å². The highest BCUT2D eigenvalue weighted by molar-refractivity contribution is 5.95. The molecule has 0 aliphatic rings. The van der Waals surface area contributed by atoms with Crippen LogP contribution in [0.4, 0.5) is 17.1 Å². The number of nitrogens with zero attached hydrogens (tertiary/aromatic N) is 3. The van der Waals surface area contributed by atoms with E-state index in [2.05, 4.69) is 5.32 Å². The van der Waals surface area contributed by atoms with Crippen molar-refractivity contribution in [3.05, 3.63) is 73.8 Å². The summed E-state index contributed by atoms with van der Waals surface area (Å²) >= 11 is 0. The zero-order chi connectivity index (χ0) is 18.6. The number of carbonyl (C=O) groups is 1. The van der Waals surface area contributed by atoms with Gasteiger partial charge in [-0.2, -0.15) is 0 Å². The Morgan fingerprint density at radius 1 is 1.00 bits per heavy atom. The average Bonchev–Trinajstić information content (AvgIpc) is 2.59. The van der Waals surface area contributed by atoms with Crippen molar-refractivity contribution in [3.8, 4) is 0 Å². The van der Waals surface area contributed by atoms with Gasteiger partial charge in [-0.1, -0.05) is 12.1 Å². The van der Waals surface area contributed by atoms with Gasteiger partial charge in [-0.15, -0.1) is 0 Å². The van der Waals surface area contributed by atoms with Gasteiger partial charge >= 0.3 is 0 Å². The molecule has 0 saturated heterocycles. The van der Waals surface area contributed by atoms with E-state index < -0.39 is 27.1 Å². The van der Waals surface area contributed by atoms with Crippen LogP contribution in [-0.4, -0.2) is 29.8 Å². The average molecular weight is 344 g/mol. The van der Waals surface area contributed by atoms with Gasteiger partial charge in [0.05, 0.1) is 21.5 Å². The van der Waals surface area contributed by atoms with Gasteiger partial charge in [-0.3, -0.25) is 25.0 Å². The number of non-ortho nitro benzene ring substituents is 2. The fraction of sp³-hybridized carbons (Fsp3) is 0.188. The van der Waals surface area contributed by atoms with Crippen LogP contribution in [0.25, 0.3) is 0 Å². The first kappa shape index (κ1) is 17.9. The Balaban J connectivity index is 2.14. The zero-order valence-corrected chi connectivity index (χ0v) is 13.6. The van der Waals surface area contributed by atoms with Gasteiger partial charge in [0.15, 0.2) is 0 Å². The molecule has 130 valence electrons. The number of nitro groups is 2. The molecule has 0 spiro atoms. The third-order valence-electron chi connectivity index (χ3n) is 3.49. The number of benzene rings is 2. The van der Waals surface area contributed by atoms with Crippen LogP contribution in [0.15, 0.2) is 42.5 Å². The van der Waals surface area contributed by atoms with E-state index in [1.807, 2.05) is 43.3 Å². The lowest BCUT2D eigenvalue weighted by Crippen LogP contribution is -2.23. The molecule has 0 fully saturated rings. The van der Waals surface area contributed by atoms with E-state index in [0.29, 0.717) is 0 Å². The van der Waals surface area contributed by atoms with Gasteiger partial charge in [0.1, 0.15) is 0 Å². The predicted octanol–water partition coefficient (Wildman–Crippen LogP) is 2.50. The van der Waals surface area contributed by atoms with Crippen LogP contribution < -0.4 is 10.2 Å². The molecule has 2 rings (SSSR count). The van der Waals surface area contributed by atoms with E-state index in [0.717, 1.165) is 29.4 Å². The molecule has 0 bridgehead atoms. The molecule has 2 aromatic carbocycles. The third kappa shape index (κ3) is 4.50. The Morgan fingerprint density at radius 3 is 1.96 bits per heavy atom. The Labute approximate surface area is 143 Å². The lowest BCUT2D eigenvalue weighted by Gasteiger charge is -2.13. The quantitative estimate of drug-likeness (QED) is 0.635. The summed E-state index contributed by atoms with van der Waals surface area (Å²) in [5.74, 6) is -0.622. The summed E-state index contributed by atoms with van der Waals surface area (Å²) in [6.07, 6.45) is 0. The molecule has 1 N–H and O–H groups in total. The standard InChI is InChI=1S/C16H16N4O5/c1-18(2)13-5-3-11(4-6-13)10-17-16(21)12-7-14(19(22)23)9-15(8-12)20(24)25/h3-9H,10H2,1-2H3,(H,17,21). The van der Waals surface area contributed by atoms with Crippen LogP contribution in [0.1, 0.15) is 15.9 Å². The van der Waals surface area contributed by atoms with Gasteiger partial charge in [0.25, 0.3) is 17.3 Å². The molecule has 9 heteroatoms. The summed E-state index contributed by atoms with van der Waals surface area (Å²) < 4.78 is 0. The highest BCUT2D eigenvalue weighted by atomic mass is 16.6. The second-order valence-corrected chi connectivity index (χ2v) is 5.50. The molecule has 0 unspecified atom stereocenters. The van der Waals surface area contributed by atoms with E-state index in [1.165, 1.54) is 0 Å². The second-order valence-electron chi connectivity index (χ2n) is 5.50. The van der Waals surface area contributed by atoms with Crippen LogP contribution in [0.5, 0.6) is 0 Å². The van der Waals surface area contributed by atoms with Crippen molar-refractivity contribution in [2.75, 3.05) is 19.0 Å². The third-order valence-corrected chi connectivity index (χ3v) is 3.49. The molecule has 9 nitrogen and oxygen atoms in total. The zero-order valence-electron chi connectivity index (χ0n) is 13.6. The maximum absolute atomic E-state index is 12.2. The Bertz CT molecular complexity index is 786. The summed E-state index contributed by atoms with van der Waals surface area (Å²) in [5, 5.41) is 24.3. The Kier molecular flexibility index (Phi) is 5.28. The first-order chi connectivity index (χ1) is 11.8. The molecule has 2 aromatic rings. The predicted molar refractivity (Wildman–Crippen MR) is 91.7 cm³/mol. The van der Waals surface area contributed by atoms with E-state index in [9.17, 15) is 25.0 Å². The van der Waals surface area contributed by atoms with Crippen molar-refractivity contribution in [3.63, 3.8) is 0 Å². The van der Waals surface area contributed by atoms with Crippen molar-refractivity contribution in [1.29, 1.82) is 0 Å². The van der Waals surface area contributed by atoms with Crippen LogP contribution in [0.2, 0.25) is 0 Å². The highest BCUT2D eigenvalue weighted by Crippen LogP contribution is 2.22. The molecule has 0 aliphatic carbocycles. The first-order valence-corrected chi connectivity index (χ1v) is 7.26. The van der Waals surface area contributed by atoms with Crippen molar-refractivity contribution in [1.82, 2.24) is 5.32 Å². The topological polar surface area (TPSA) is 119 Å². The Morgan fingerprint density at radius 2 is 1.52 bits per heavy atom. The number of nitrogens with one attached hydrogen (secondary N) is 1. The molecule has 0 aliphatic heterocycles. The molecule has 0 heterocycles. The van der Waals surface area contributed by atoms with Crippen LogP contribution in [-0.2, 0) is 6.54 Å². The number of rotatable bonds is 6. The lowest BCUT2D eigenvalue weighted by molar-refractivity contribution is -0.394. The maximum atomic E-state index is 12.2. The fourth-order valence-electron chi connectivity index (χ4n) is 2.13. The van der Waals surface area contributed by atoms with Crippen molar-refractivity contribution in [2.45, 2.75) is 6.54 Å². The van der Waals surface area contributed by atoms with Crippen LogP contribution in [0, 0.1) is 20.2 Å². The molecular weight excluding hydrogens is 328 g/mol. The normalized spacial score (nSPS) is 10.2. The van der Waals surface area contributed by atoms with Crippen LogP contribution in [0.3, 0.4) is 0 Å². The number of carbonyl (C=O) groups excluding carboxylic acids is 1. The minimum atomic E-state index is -0.774. The van der Waals surface area contributed by atoms with Crippen molar-refractivity contribution >= 4 is 23.0 Å². The van der Waals surface area contributed by atoms with Gasteiger partial charge in [-0.25, -0.2) is 0 Å². The summed E-state index contributed by atoms with van der Waals surface area (Å²) in [7, 11) is 3.82. The molecule has 0 saturated carbocycles. The second kappa shape index (κ2) is 7.39. The van der Waals surface area contributed by atoms with E-state index in [-0.39, 0.29) is 12.1 Å². The largest absolute Gasteiger partial charge is 0.378 e. The molecule has 0 atom stereocenters. The molecule has 1 amide bonds. The van der Waals surface area contributed by atoms with Gasteiger partial charge in [0, 0.05) is 38.5 Å². The molecule has 25 heavy (non-hydrogen) atoms. The minimum Gasteiger partial charge on any atom is -0.378 e. The van der Waals surface area contributed by atoms with Gasteiger partial charge < -0.3 is 10.2 Å². The number of nitro benzene ring substituents is 2. The van der Waals surface area contributed by atoms with Gasteiger partial charge in [0.2, 0.25) is 0 Å². The highest BCUT2D eigenvalue weighted by Gasteiger charge is 2.19. The monoisotopic (exact) mass is 344 g/mol. The van der Waals surface area contributed by atoms with E-state index >= 15 is 0 Å². The summed E-state index contributed by atoms with van der Waals surface area (Å²) in [6, 6.07) is 10.3. The fourth-order valence-corrected chi connectivity index (χ4v) is 2.13. The molecular formula is C16H16N4O5. The summed E-state index contributed by atoms with van der Waals surface area (Å²) in [5.41, 5.74) is 0.693. The number of hydrogen-bond acceptors (Lipinski definition) is 6. The van der Waals surface area contributed by atoms with Crippen LogP contribution >= 0.6 is 0 Å². The smallest absolute Gasteiger partial charge is 0.277 e. The van der Waals surface area contributed by atoms with Crippen molar-refractivity contribution in [2.24, 2.45) is 0 Å². The number of amides is 1. The first-order valence-electron chi connectivity index (χ1n) is 7.26. The summed E-state index contributed by atoms with van der Waals surface area (Å²) in [4.78, 5) is 34.3. The number of anilines is 1. The van der Waals surface area contributed by atoms with E-state index in [4.69, 9.17) is 0 Å². The summed E-state index contributed by atoms with van der Waals surface area (Å²) in [6.45, 7) is 0.197. The molecule has 0 aromatic heterocycles. The lowest BCUT2D eigenvalue weighted by atomic mass is 10.1. The maximum Gasteiger partial charge on any atom is 0.277 e. The van der Waals surface area contributed by atoms with Gasteiger partial charge in [-0.05, 0) is 17.7 Å². The molecule has 0 radical (unpaired) electrons. The van der Waals surface area contributed by atoms with Crippen molar-refractivity contribution < 1.29 is 14.6 Å².